The van der Waals surface area contributed by atoms with E-state index in [1.54, 1.807) is 0 Å². The standard InChI is InChI=1S/C12H11F2NO3/c13-6-1-4-10(9(14)5-6)15-11(16)7-2-3-8(7)12(17)18/h1,4-5,7-8H,2-3H2,(H,15,16)(H,17,18). The molecule has 1 fully saturated rings. The van der Waals surface area contributed by atoms with Crippen LogP contribution in [0.15, 0.2) is 18.2 Å². The van der Waals surface area contributed by atoms with Crippen molar-refractivity contribution in [2.45, 2.75) is 12.8 Å². The van der Waals surface area contributed by atoms with Crippen LogP contribution in [0.1, 0.15) is 12.8 Å². The average molecular weight is 255 g/mol. The van der Waals surface area contributed by atoms with Crippen molar-refractivity contribution < 1.29 is 23.5 Å². The zero-order valence-corrected chi connectivity index (χ0v) is 9.32. The van der Waals surface area contributed by atoms with Gasteiger partial charge in [0.1, 0.15) is 11.6 Å². The third-order valence-corrected chi connectivity index (χ3v) is 3.12. The number of anilines is 1. The Kier molecular flexibility index (Phi) is 3.27. The molecule has 0 radical (unpaired) electrons. The van der Waals surface area contributed by atoms with Crippen LogP contribution in [0.5, 0.6) is 0 Å². The number of carbonyl (C=O) groups excluding carboxylic acids is 1. The third kappa shape index (κ3) is 2.32. The van der Waals surface area contributed by atoms with E-state index in [0.29, 0.717) is 18.9 Å². The van der Waals surface area contributed by atoms with Crippen molar-refractivity contribution in [1.82, 2.24) is 0 Å². The van der Waals surface area contributed by atoms with Gasteiger partial charge in [0.25, 0.3) is 0 Å². The quantitative estimate of drug-likeness (QED) is 0.868. The lowest BCUT2D eigenvalue weighted by Crippen LogP contribution is -2.41. The molecule has 4 nitrogen and oxygen atoms in total. The first-order valence-electron chi connectivity index (χ1n) is 5.48. The Morgan fingerprint density at radius 2 is 1.89 bits per heavy atom. The van der Waals surface area contributed by atoms with Crippen LogP contribution in [-0.4, -0.2) is 17.0 Å². The van der Waals surface area contributed by atoms with Crippen molar-refractivity contribution >= 4 is 17.6 Å². The number of rotatable bonds is 3. The molecule has 2 unspecified atom stereocenters. The van der Waals surface area contributed by atoms with Crippen LogP contribution in [0.4, 0.5) is 14.5 Å². The molecule has 2 rings (SSSR count). The maximum Gasteiger partial charge on any atom is 0.307 e. The number of carboxylic acid groups (broad SMARTS) is 1. The summed E-state index contributed by atoms with van der Waals surface area (Å²) in [5, 5.41) is 11.1. The Balaban J connectivity index is 2.05. The molecule has 0 aromatic heterocycles. The van der Waals surface area contributed by atoms with Crippen molar-refractivity contribution in [3.8, 4) is 0 Å². The molecule has 0 aliphatic heterocycles. The summed E-state index contributed by atoms with van der Waals surface area (Å²) in [7, 11) is 0. The third-order valence-electron chi connectivity index (χ3n) is 3.12. The minimum Gasteiger partial charge on any atom is -0.481 e. The molecule has 1 saturated carbocycles. The lowest BCUT2D eigenvalue weighted by molar-refractivity contribution is -0.151. The van der Waals surface area contributed by atoms with Gasteiger partial charge in [-0.3, -0.25) is 9.59 Å². The molecule has 2 N–H and O–H groups in total. The molecule has 1 aromatic carbocycles. The van der Waals surface area contributed by atoms with Crippen LogP contribution < -0.4 is 5.32 Å². The number of nitrogens with one attached hydrogen (secondary N) is 1. The summed E-state index contributed by atoms with van der Waals surface area (Å²) in [5.74, 6) is -4.55. The lowest BCUT2D eigenvalue weighted by atomic mass is 9.73. The Hall–Kier alpha value is -1.98. The van der Waals surface area contributed by atoms with Crippen molar-refractivity contribution in [1.29, 1.82) is 0 Å². The van der Waals surface area contributed by atoms with Crippen LogP contribution >= 0.6 is 0 Å². The molecule has 6 heteroatoms. The Bertz CT molecular complexity index is 504. The van der Waals surface area contributed by atoms with Crippen molar-refractivity contribution in [2.24, 2.45) is 11.8 Å². The molecule has 1 aliphatic carbocycles. The fourth-order valence-corrected chi connectivity index (χ4v) is 1.93. The van der Waals surface area contributed by atoms with Crippen LogP contribution in [0.3, 0.4) is 0 Å². The van der Waals surface area contributed by atoms with Gasteiger partial charge in [-0.05, 0) is 25.0 Å². The van der Waals surface area contributed by atoms with E-state index in [1.165, 1.54) is 0 Å². The predicted molar refractivity (Wildman–Crippen MR) is 58.8 cm³/mol. The normalized spacial score (nSPS) is 22.1. The fourth-order valence-electron chi connectivity index (χ4n) is 1.93. The average Bonchev–Trinajstić information content (AvgIpc) is 2.19. The topological polar surface area (TPSA) is 66.4 Å². The van der Waals surface area contributed by atoms with E-state index in [-0.39, 0.29) is 5.69 Å². The molecule has 0 saturated heterocycles. The van der Waals surface area contributed by atoms with Crippen molar-refractivity contribution in [2.75, 3.05) is 5.32 Å². The summed E-state index contributed by atoms with van der Waals surface area (Å²) in [5.41, 5.74) is -0.141. The van der Waals surface area contributed by atoms with E-state index in [1.807, 2.05) is 0 Å². The second-order valence-electron chi connectivity index (χ2n) is 4.24. The number of hydrogen-bond acceptors (Lipinski definition) is 2. The van der Waals surface area contributed by atoms with Gasteiger partial charge in [-0.15, -0.1) is 0 Å². The highest BCUT2D eigenvalue weighted by atomic mass is 19.1. The minimum atomic E-state index is -1.03. The van der Waals surface area contributed by atoms with E-state index >= 15 is 0 Å². The summed E-state index contributed by atoms with van der Waals surface area (Å²) >= 11 is 0. The summed E-state index contributed by atoms with van der Waals surface area (Å²) in [6.45, 7) is 0. The van der Waals surface area contributed by atoms with Gasteiger partial charge in [-0.1, -0.05) is 0 Å². The van der Waals surface area contributed by atoms with Gasteiger partial charge in [-0.2, -0.15) is 0 Å². The van der Waals surface area contributed by atoms with E-state index in [0.717, 1.165) is 12.1 Å². The van der Waals surface area contributed by atoms with Crippen LogP contribution in [0.25, 0.3) is 0 Å². The monoisotopic (exact) mass is 255 g/mol. The summed E-state index contributed by atoms with van der Waals surface area (Å²) in [6.07, 6.45) is 0.908. The number of hydrogen-bond donors (Lipinski definition) is 2. The van der Waals surface area contributed by atoms with Gasteiger partial charge < -0.3 is 10.4 Å². The molecule has 96 valence electrons. The number of aliphatic carboxylic acids is 1. The number of amides is 1. The highest BCUT2D eigenvalue weighted by Crippen LogP contribution is 2.35. The van der Waals surface area contributed by atoms with E-state index in [2.05, 4.69) is 5.32 Å². The van der Waals surface area contributed by atoms with Gasteiger partial charge in [0.05, 0.1) is 17.5 Å². The highest BCUT2D eigenvalue weighted by molar-refractivity contribution is 5.96. The summed E-state index contributed by atoms with van der Waals surface area (Å²) < 4.78 is 25.9. The zero-order chi connectivity index (χ0) is 13.3. The second-order valence-corrected chi connectivity index (χ2v) is 4.24. The largest absolute Gasteiger partial charge is 0.481 e. The fraction of sp³-hybridized carbons (Fsp3) is 0.333. The second kappa shape index (κ2) is 4.72. The lowest BCUT2D eigenvalue weighted by Gasteiger charge is -2.31. The number of halogens is 2. The summed E-state index contributed by atoms with van der Waals surface area (Å²) in [4.78, 5) is 22.5. The molecule has 0 spiro atoms. The number of carboxylic acids is 1. The molecule has 18 heavy (non-hydrogen) atoms. The maximum atomic E-state index is 13.3. The molecule has 0 heterocycles. The number of carbonyl (C=O) groups is 2. The Morgan fingerprint density at radius 1 is 1.22 bits per heavy atom. The van der Waals surface area contributed by atoms with Crippen molar-refractivity contribution in [3.05, 3.63) is 29.8 Å². The van der Waals surface area contributed by atoms with Crippen molar-refractivity contribution in [3.63, 3.8) is 0 Å². The Labute approximate surface area is 102 Å². The van der Waals surface area contributed by atoms with Gasteiger partial charge in [0.15, 0.2) is 0 Å². The van der Waals surface area contributed by atoms with E-state index < -0.39 is 35.3 Å². The van der Waals surface area contributed by atoms with Crippen LogP contribution in [-0.2, 0) is 9.59 Å². The molecule has 1 aromatic rings. The Morgan fingerprint density at radius 3 is 2.39 bits per heavy atom. The smallest absolute Gasteiger partial charge is 0.307 e. The zero-order valence-electron chi connectivity index (χ0n) is 9.32. The SMILES string of the molecule is O=C(O)C1CCC1C(=O)Nc1ccc(F)cc1F. The number of benzene rings is 1. The van der Waals surface area contributed by atoms with Gasteiger partial charge in [0, 0.05) is 6.07 Å². The van der Waals surface area contributed by atoms with Gasteiger partial charge in [0.2, 0.25) is 5.91 Å². The molecule has 1 amide bonds. The van der Waals surface area contributed by atoms with E-state index in [9.17, 15) is 18.4 Å². The minimum absolute atomic E-state index is 0.141. The molecular formula is C12H11F2NO3. The van der Waals surface area contributed by atoms with E-state index in [4.69, 9.17) is 5.11 Å². The first-order valence-corrected chi connectivity index (χ1v) is 5.48. The first-order chi connectivity index (χ1) is 8.49. The van der Waals surface area contributed by atoms with Crippen LogP contribution in [0, 0.1) is 23.5 Å². The van der Waals surface area contributed by atoms with Crippen LogP contribution in [0.2, 0.25) is 0 Å². The van der Waals surface area contributed by atoms with Gasteiger partial charge in [-0.25, -0.2) is 8.78 Å². The predicted octanol–water partition coefficient (Wildman–Crippen LogP) is 2.01. The molecule has 1 aliphatic rings. The molecule has 0 bridgehead atoms. The van der Waals surface area contributed by atoms with Gasteiger partial charge >= 0.3 is 5.97 Å². The highest BCUT2D eigenvalue weighted by Gasteiger charge is 2.41. The maximum absolute atomic E-state index is 13.3. The first kappa shape index (κ1) is 12.5. The molecular weight excluding hydrogens is 244 g/mol. The summed E-state index contributed by atoms with van der Waals surface area (Å²) in [6, 6.07) is 2.79. The molecule has 2 atom stereocenters.